The summed E-state index contributed by atoms with van der Waals surface area (Å²) in [6.45, 7) is 2.27. The molecule has 0 spiro atoms. The second-order valence-electron chi connectivity index (χ2n) is 8.39. The molecule has 0 aliphatic heterocycles. The summed E-state index contributed by atoms with van der Waals surface area (Å²) in [6.07, 6.45) is 21.8. The molecule has 0 unspecified atom stereocenters. The summed E-state index contributed by atoms with van der Waals surface area (Å²) >= 11 is 0. The minimum atomic E-state index is -3.39. The predicted octanol–water partition coefficient (Wildman–Crippen LogP) is 7.18. The molecule has 0 saturated carbocycles. The highest BCUT2D eigenvalue weighted by molar-refractivity contribution is 7.92. The van der Waals surface area contributed by atoms with Crippen LogP contribution in [-0.2, 0) is 16.4 Å². The van der Waals surface area contributed by atoms with Gasteiger partial charge in [0.05, 0.1) is 11.9 Å². The van der Waals surface area contributed by atoms with Crippen molar-refractivity contribution in [3.63, 3.8) is 0 Å². The molecule has 0 fully saturated rings. The Morgan fingerprint density at radius 2 is 1.21 bits per heavy atom. The van der Waals surface area contributed by atoms with Gasteiger partial charge in [-0.2, -0.15) is 0 Å². The number of benzene rings is 1. The Bertz CT molecular complexity index is 644. The Labute approximate surface area is 179 Å². The zero-order chi connectivity index (χ0) is 21.4. The standard InChI is InChI=1S/C24H43NO3S/c1-3-4-5-6-7-8-9-10-11-12-13-14-15-16-17-19-22-20-18-21-23(26)24(22)25-29(2,27)28/h18,20-21,25-26H,3-17,19H2,1-2H3. The first-order chi connectivity index (χ1) is 13.9. The van der Waals surface area contributed by atoms with Gasteiger partial charge >= 0.3 is 0 Å². The van der Waals surface area contributed by atoms with E-state index in [9.17, 15) is 13.5 Å². The molecule has 4 nitrogen and oxygen atoms in total. The summed E-state index contributed by atoms with van der Waals surface area (Å²) in [4.78, 5) is 0. The number of phenolic OH excluding ortho intramolecular Hbond substituents is 1. The zero-order valence-electron chi connectivity index (χ0n) is 18.7. The number of rotatable bonds is 18. The van der Waals surface area contributed by atoms with Crippen molar-refractivity contribution < 1.29 is 13.5 Å². The Kier molecular flexibility index (Phi) is 13.9. The van der Waals surface area contributed by atoms with E-state index in [1.807, 2.05) is 6.07 Å². The third kappa shape index (κ3) is 13.6. The molecule has 0 bridgehead atoms. The second kappa shape index (κ2) is 15.6. The van der Waals surface area contributed by atoms with Gasteiger partial charge in [0, 0.05) is 0 Å². The summed E-state index contributed by atoms with van der Waals surface area (Å²) in [5.74, 6) is -0.00566. The van der Waals surface area contributed by atoms with Crippen LogP contribution in [0.4, 0.5) is 5.69 Å². The molecular weight excluding hydrogens is 382 g/mol. The van der Waals surface area contributed by atoms with Crippen molar-refractivity contribution in [2.45, 2.75) is 110 Å². The van der Waals surface area contributed by atoms with Gasteiger partial charge < -0.3 is 5.11 Å². The fourth-order valence-electron chi connectivity index (χ4n) is 3.78. The highest BCUT2D eigenvalue weighted by Gasteiger charge is 2.11. The van der Waals surface area contributed by atoms with Crippen molar-refractivity contribution in [2.24, 2.45) is 0 Å². The van der Waals surface area contributed by atoms with Gasteiger partial charge in [0.15, 0.2) is 0 Å². The summed E-state index contributed by atoms with van der Waals surface area (Å²) in [6, 6.07) is 5.17. The van der Waals surface area contributed by atoms with Gasteiger partial charge in [0.25, 0.3) is 0 Å². The molecule has 5 heteroatoms. The normalized spacial score (nSPS) is 11.7. The lowest BCUT2D eigenvalue weighted by Crippen LogP contribution is -2.11. The van der Waals surface area contributed by atoms with Gasteiger partial charge in [0.2, 0.25) is 10.0 Å². The average molecular weight is 426 g/mol. The fourth-order valence-corrected chi connectivity index (χ4v) is 4.39. The number of hydrogen-bond donors (Lipinski definition) is 2. The van der Waals surface area contributed by atoms with Crippen LogP contribution in [0.15, 0.2) is 18.2 Å². The Morgan fingerprint density at radius 3 is 1.66 bits per heavy atom. The number of hydrogen-bond acceptors (Lipinski definition) is 3. The molecular formula is C24H43NO3S. The maximum Gasteiger partial charge on any atom is 0.229 e. The second-order valence-corrected chi connectivity index (χ2v) is 10.1. The zero-order valence-corrected chi connectivity index (χ0v) is 19.5. The van der Waals surface area contributed by atoms with Crippen molar-refractivity contribution in [1.29, 1.82) is 0 Å². The maximum atomic E-state index is 11.5. The molecule has 0 aromatic heterocycles. The van der Waals surface area contributed by atoms with Gasteiger partial charge in [-0.15, -0.1) is 0 Å². The number of phenols is 1. The van der Waals surface area contributed by atoms with Crippen molar-refractivity contribution in [3.8, 4) is 5.75 Å². The molecule has 0 amide bonds. The van der Waals surface area contributed by atoms with Crippen LogP contribution in [0.25, 0.3) is 0 Å². The lowest BCUT2D eigenvalue weighted by atomic mass is 10.0. The maximum absolute atomic E-state index is 11.5. The van der Waals surface area contributed by atoms with Gasteiger partial charge in [-0.25, -0.2) is 8.42 Å². The van der Waals surface area contributed by atoms with Crippen LogP contribution in [0.1, 0.15) is 109 Å². The molecule has 0 atom stereocenters. The van der Waals surface area contributed by atoms with E-state index in [1.54, 1.807) is 6.07 Å². The van der Waals surface area contributed by atoms with Crippen LogP contribution in [0, 0.1) is 0 Å². The molecule has 168 valence electrons. The molecule has 0 radical (unpaired) electrons. The van der Waals surface area contributed by atoms with E-state index in [1.165, 1.54) is 89.5 Å². The predicted molar refractivity (Wildman–Crippen MR) is 125 cm³/mol. The lowest BCUT2D eigenvalue weighted by Gasteiger charge is -2.12. The molecule has 0 saturated heterocycles. The largest absolute Gasteiger partial charge is 0.506 e. The number of aryl methyl sites for hydroxylation is 1. The van der Waals surface area contributed by atoms with Gasteiger partial charge in [-0.05, 0) is 24.5 Å². The summed E-state index contributed by atoms with van der Waals surface area (Å²) < 4.78 is 25.4. The number of unbranched alkanes of at least 4 members (excludes halogenated alkanes) is 14. The molecule has 2 N–H and O–H groups in total. The number of anilines is 1. The third-order valence-electron chi connectivity index (χ3n) is 5.47. The van der Waals surface area contributed by atoms with E-state index in [-0.39, 0.29) is 5.75 Å². The summed E-state index contributed by atoms with van der Waals surface area (Å²) in [7, 11) is -3.39. The van der Waals surface area contributed by atoms with Crippen molar-refractivity contribution in [3.05, 3.63) is 23.8 Å². The summed E-state index contributed by atoms with van der Waals surface area (Å²) in [5, 5.41) is 9.95. The van der Waals surface area contributed by atoms with Crippen LogP contribution in [-0.4, -0.2) is 19.8 Å². The van der Waals surface area contributed by atoms with Gasteiger partial charge in [-0.3, -0.25) is 4.72 Å². The van der Waals surface area contributed by atoms with Gasteiger partial charge in [0.1, 0.15) is 5.75 Å². The molecule has 0 aliphatic rings. The van der Waals surface area contributed by atoms with Crippen molar-refractivity contribution >= 4 is 15.7 Å². The summed E-state index contributed by atoms with van der Waals surface area (Å²) in [5.41, 5.74) is 1.20. The number of para-hydroxylation sites is 1. The molecule has 0 aliphatic carbocycles. The fraction of sp³-hybridized carbons (Fsp3) is 0.750. The number of aromatic hydroxyl groups is 1. The third-order valence-corrected chi connectivity index (χ3v) is 6.04. The van der Waals surface area contributed by atoms with E-state index < -0.39 is 10.0 Å². The highest BCUT2D eigenvalue weighted by Crippen LogP contribution is 2.29. The first-order valence-electron chi connectivity index (χ1n) is 11.7. The van der Waals surface area contributed by atoms with Crippen molar-refractivity contribution in [1.82, 2.24) is 0 Å². The molecule has 29 heavy (non-hydrogen) atoms. The quantitative estimate of drug-likeness (QED) is 0.193. The number of sulfonamides is 1. The highest BCUT2D eigenvalue weighted by atomic mass is 32.2. The minimum absolute atomic E-state index is 0.00566. The van der Waals surface area contributed by atoms with Crippen LogP contribution >= 0.6 is 0 Å². The molecule has 0 heterocycles. The van der Waals surface area contributed by atoms with Crippen LogP contribution in [0.3, 0.4) is 0 Å². The number of nitrogens with one attached hydrogen (secondary N) is 1. The van der Waals surface area contributed by atoms with E-state index in [2.05, 4.69) is 11.6 Å². The average Bonchev–Trinajstić information content (AvgIpc) is 2.66. The van der Waals surface area contributed by atoms with Crippen LogP contribution in [0.2, 0.25) is 0 Å². The lowest BCUT2D eigenvalue weighted by molar-refractivity contribution is 0.476. The molecule has 1 aromatic carbocycles. The Hall–Kier alpha value is -1.23. The smallest absolute Gasteiger partial charge is 0.229 e. The van der Waals surface area contributed by atoms with E-state index in [0.717, 1.165) is 31.1 Å². The van der Waals surface area contributed by atoms with Crippen LogP contribution < -0.4 is 4.72 Å². The van der Waals surface area contributed by atoms with Crippen LogP contribution in [0.5, 0.6) is 5.75 Å². The van der Waals surface area contributed by atoms with E-state index in [0.29, 0.717) is 5.69 Å². The van der Waals surface area contributed by atoms with E-state index in [4.69, 9.17) is 0 Å². The Morgan fingerprint density at radius 1 is 0.759 bits per heavy atom. The Balaban J connectivity index is 2.03. The topological polar surface area (TPSA) is 66.4 Å². The first-order valence-corrected chi connectivity index (χ1v) is 13.6. The first kappa shape index (κ1) is 25.8. The SMILES string of the molecule is CCCCCCCCCCCCCCCCCc1cccc(O)c1NS(C)(=O)=O. The molecule has 1 aromatic rings. The molecule has 1 rings (SSSR count). The van der Waals surface area contributed by atoms with E-state index >= 15 is 0 Å². The van der Waals surface area contributed by atoms with Crippen molar-refractivity contribution in [2.75, 3.05) is 11.0 Å². The monoisotopic (exact) mass is 425 g/mol. The van der Waals surface area contributed by atoms with Gasteiger partial charge in [-0.1, -0.05) is 109 Å². The minimum Gasteiger partial charge on any atom is -0.506 e.